The van der Waals surface area contributed by atoms with Gasteiger partial charge in [-0.3, -0.25) is 9.59 Å². The quantitative estimate of drug-likeness (QED) is 0.810. The van der Waals surface area contributed by atoms with Crippen LogP contribution in [0.25, 0.3) is 0 Å². The lowest BCUT2D eigenvalue weighted by Gasteiger charge is -2.24. The van der Waals surface area contributed by atoms with Gasteiger partial charge in [-0.05, 0) is 31.9 Å². The smallest absolute Gasteiger partial charge is 0.329 e. The van der Waals surface area contributed by atoms with Crippen molar-refractivity contribution in [3.63, 3.8) is 0 Å². The molecule has 1 aromatic rings. The maximum atomic E-state index is 12.5. The molecule has 1 saturated heterocycles. The zero-order valence-corrected chi connectivity index (χ0v) is 11.8. The Morgan fingerprint density at radius 3 is 2.62 bits per heavy atom. The fourth-order valence-electron chi connectivity index (χ4n) is 2.47. The number of hydrogen-bond donors (Lipinski definition) is 1. The summed E-state index contributed by atoms with van der Waals surface area (Å²) in [5, 5.41) is 3.61. The number of anilines is 1. The number of amides is 2. The van der Waals surface area contributed by atoms with Crippen molar-refractivity contribution < 1.29 is 9.59 Å². The molecule has 7 heteroatoms. The zero-order valence-electron chi connectivity index (χ0n) is 11.8. The SMILES string of the molecule is C[C@H](N)C(=O)N1CCC[C@H]1C(=O)N([N+]=O)c1ccccc1. The second kappa shape index (κ2) is 6.45. The molecule has 2 atom stereocenters. The maximum Gasteiger partial charge on any atom is 0.494 e. The highest BCUT2D eigenvalue weighted by Crippen LogP contribution is 2.22. The van der Waals surface area contributed by atoms with Crippen LogP contribution in [-0.4, -0.2) is 35.3 Å². The van der Waals surface area contributed by atoms with Gasteiger partial charge in [0.25, 0.3) is 0 Å². The first-order chi connectivity index (χ1) is 10.1. The van der Waals surface area contributed by atoms with Gasteiger partial charge >= 0.3 is 11.2 Å². The van der Waals surface area contributed by atoms with Gasteiger partial charge in [0, 0.05) is 11.6 Å². The van der Waals surface area contributed by atoms with Crippen LogP contribution in [0.5, 0.6) is 0 Å². The van der Waals surface area contributed by atoms with Crippen LogP contribution in [0.15, 0.2) is 30.3 Å². The van der Waals surface area contributed by atoms with Gasteiger partial charge in [-0.25, -0.2) is 0 Å². The molecule has 1 aromatic carbocycles. The number of hydrogen-bond acceptors (Lipinski definition) is 5. The predicted molar refractivity (Wildman–Crippen MR) is 77.8 cm³/mol. The second-order valence-electron chi connectivity index (χ2n) is 5.05. The van der Waals surface area contributed by atoms with Crippen molar-refractivity contribution >= 4 is 17.5 Å². The molecule has 1 radical (unpaired) electrons. The predicted octanol–water partition coefficient (Wildman–Crippen LogP) is 0.375. The summed E-state index contributed by atoms with van der Waals surface area (Å²) in [6.07, 6.45) is 1.21. The minimum atomic E-state index is -0.679. The Balaban J connectivity index is 2.21. The highest BCUT2D eigenvalue weighted by Gasteiger charge is 2.42. The van der Waals surface area contributed by atoms with E-state index in [-0.39, 0.29) is 5.91 Å². The van der Waals surface area contributed by atoms with Crippen molar-refractivity contribution in [2.24, 2.45) is 5.73 Å². The molecule has 2 rings (SSSR count). The Bertz CT molecular complexity index is 532. The molecule has 2 N–H and O–H groups in total. The molecule has 111 valence electrons. The third-order valence-corrected chi connectivity index (χ3v) is 3.50. The van der Waals surface area contributed by atoms with Crippen molar-refractivity contribution in [1.29, 1.82) is 0 Å². The van der Waals surface area contributed by atoms with Crippen LogP contribution in [0, 0.1) is 4.91 Å². The number of rotatable bonds is 4. The average molecular weight is 290 g/mol. The van der Waals surface area contributed by atoms with Gasteiger partial charge in [0.1, 0.15) is 16.6 Å². The summed E-state index contributed by atoms with van der Waals surface area (Å²) < 4.78 is 0. The molecule has 0 bridgehead atoms. The summed E-state index contributed by atoms with van der Waals surface area (Å²) in [7, 11) is 0. The van der Waals surface area contributed by atoms with Crippen molar-refractivity contribution in [3.05, 3.63) is 35.2 Å². The third-order valence-electron chi connectivity index (χ3n) is 3.50. The molecule has 0 aliphatic carbocycles. The van der Waals surface area contributed by atoms with Crippen LogP contribution >= 0.6 is 0 Å². The largest absolute Gasteiger partial charge is 0.494 e. The van der Waals surface area contributed by atoms with Crippen molar-refractivity contribution in [2.75, 3.05) is 11.6 Å². The molecule has 0 spiro atoms. The Morgan fingerprint density at radius 1 is 1.38 bits per heavy atom. The number of nitrogens with two attached hydrogens (primary N) is 1. The Labute approximate surface area is 122 Å². The third kappa shape index (κ3) is 3.08. The normalized spacial score (nSPS) is 19.1. The van der Waals surface area contributed by atoms with Gasteiger partial charge in [0.2, 0.25) is 5.91 Å². The Hall–Kier alpha value is -2.28. The van der Waals surface area contributed by atoms with Crippen LogP contribution in [0.2, 0.25) is 0 Å². The van der Waals surface area contributed by atoms with E-state index in [2.05, 4.69) is 5.29 Å². The number of nitroso groups, excluding NO2 is 1. The summed E-state index contributed by atoms with van der Waals surface area (Å²) in [4.78, 5) is 37.0. The molecule has 0 unspecified atom stereocenters. The molecular weight excluding hydrogens is 272 g/mol. The van der Waals surface area contributed by atoms with Gasteiger partial charge in [0.05, 0.1) is 6.04 Å². The van der Waals surface area contributed by atoms with E-state index in [0.29, 0.717) is 25.1 Å². The molecule has 7 nitrogen and oxygen atoms in total. The van der Waals surface area contributed by atoms with Crippen molar-refractivity contribution in [2.45, 2.75) is 31.8 Å². The second-order valence-corrected chi connectivity index (χ2v) is 5.05. The highest BCUT2D eigenvalue weighted by molar-refractivity contribution is 5.99. The number of para-hydroxylation sites is 1. The van der Waals surface area contributed by atoms with E-state index in [1.807, 2.05) is 0 Å². The van der Waals surface area contributed by atoms with Gasteiger partial charge in [-0.15, -0.1) is 0 Å². The number of nitrogens with zero attached hydrogens (tertiary/aromatic N) is 3. The Kier molecular flexibility index (Phi) is 4.64. The lowest BCUT2D eigenvalue weighted by molar-refractivity contribution is -0.138. The van der Waals surface area contributed by atoms with E-state index < -0.39 is 18.0 Å². The molecule has 1 aliphatic rings. The van der Waals surface area contributed by atoms with Gasteiger partial charge < -0.3 is 10.6 Å². The summed E-state index contributed by atoms with van der Waals surface area (Å²) in [5.74, 6) is -0.785. The number of benzene rings is 1. The number of carbonyl (C=O) groups is 2. The fraction of sp³-hybridized carbons (Fsp3) is 0.429. The molecule has 2 amide bonds. The first-order valence-corrected chi connectivity index (χ1v) is 6.84. The average Bonchev–Trinajstić information content (AvgIpc) is 2.97. The molecule has 1 aliphatic heterocycles. The maximum absolute atomic E-state index is 12.5. The minimum Gasteiger partial charge on any atom is -0.329 e. The first-order valence-electron chi connectivity index (χ1n) is 6.84. The van der Waals surface area contributed by atoms with Crippen LogP contribution in [-0.2, 0) is 9.59 Å². The van der Waals surface area contributed by atoms with E-state index >= 15 is 0 Å². The summed E-state index contributed by atoms with van der Waals surface area (Å²) in [5.41, 5.74) is 5.98. The van der Waals surface area contributed by atoms with Crippen LogP contribution in [0.3, 0.4) is 0 Å². The molecule has 1 heterocycles. The van der Waals surface area contributed by atoms with Crippen molar-refractivity contribution in [1.82, 2.24) is 10.2 Å². The van der Waals surface area contributed by atoms with E-state index in [4.69, 9.17) is 5.73 Å². The standard InChI is InChI=1S/C14H18N4O3/c1-10(15)13(19)17-9-5-8-12(17)14(20)18(16-21)11-6-3-2-4-7-11/h2-4,6-7,10,12H,5,8-9,15H2,1H3/q+1/t10-,12-/m0/s1. The zero-order chi connectivity index (χ0) is 15.4. The summed E-state index contributed by atoms with van der Waals surface area (Å²) in [6, 6.07) is 7.07. The van der Waals surface area contributed by atoms with Gasteiger partial charge in [-0.1, -0.05) is 18.2 Å². The van der Waals surface area contributed by atoms with E-state index in [1.54, 1.807) is 37.3 Å². The van der Waals surface area contributed by atoms with Crippen LogP contribution < -0.4 is 16.0 Å². The van der Waals surface area contributed by atoms with Crippen LogP contribution in [0.1, 0.15) is 19.8 Å². The molecule has 1 fully saturated rings. The molecule has 21 heavy (non-hydrogen) atoms. The van der Waals surface area contributed by atoms with Gasteiger partial charge in [-0.2, -0.15) is 0 Å². The van der Waals surface area contributed by atoms with E-state index in [0.717, 1.165) is 5.01 Å². The number of carbonyl (C=O) groups excluding carboxylic acids is 2. The molecule has 0 saturated carbocycles. The van der Waals surface area contributed by atoms with Crippen molar-refractivity contribution in [3.8, 4) is 0 Å². The Morgan fingerprint density at radius 2 is 2.05 bits per heavy atom. The van der Waals surface area contributed by atoms with Crippen LogP contribution in [0.4, 0.5) is 5.69 Å². The number of likely N-dealkylation sites (tertiary alicyclic amines) is 1. The van der Waals surface area contributed by atoms with Gasteiger partial charge in [0.15, 0.2) is 0 Å². The lowest BCUT2D eigenvalue weighted by Crippen LogP contribution is -2.51. The first kappa shape index (κ1) is 15.1. The lowest BCUT2D eigenvalue weighted by atomic mass is 10.1. The summed E-state index contributed by atoms with van der Waals surface area (Å²) >= 11 is 0. The minimum absolute atomic E-state index is 0.287. The van der Waals surface area contributed by atoms with E-state index in [9.17, 15) is 14.5 Å². The topological polar surface area (TPSA) is 97.8 Å². The van der Waals surface area contributed by atoms with E-state index in [1.165, 1.54) is 4.90 Å². The summed E-state index contributed by atoms with van der Waals surface area (Å²) in [6.45, 7) is 2.05. The monoisotopic (exact) mass is 290 g/mol. The fourth-order valence-corrected chi connectivity index (χ4v) is 2.47. The highest BCUT2D eigenvalue weighted by atomic mass is 16.3. The molecular formula is C14H18N4O3+. The molecule has 0 aromatic heterocycles.